The highest BCUT2D eigenvalue weighted by molar-refractivity contribution is 7.99. The Morgan fingerprint density at radius 2 is 2.05 bits per heavy atom. The minimum absolute atomic E-state index is 0.343. The monoisotopic (exact) mass is 302 g/mol. The molecule has 112 valence electrons. The van der Waals surface area contributed by atoms with Crippen LogP contribution < -0.4 is 5.32 Å². The first-order chi connectivity index (χ1) is 10.4. The van der Waals surface area contributed by atoms with Crippen LogP contribution in [0.4, 0.5) is 0 Å². The molecule has 1 N–H and O–H groups in total. The molecular weight excluding hydrogens is 280 g/mol. The van der Waals surface area contributed by atoms with Crippen molar-refractivity contribution in [1.82, 2.24) is 20.1 Å². The van der Waals surface area contributed by atoms with Gasteiger partial charge in [-0.15, -0.1) is 10.2 Å². The van der Waals surface area contributed by atoms with E-state index < -0.39 is 0 Å². The Kier molecular flexibility index (Phi) is 4.93. The van der Waals surface area contributed by atoms with Gasteiger partial charge in [0.1, 0.15) is 5.82 Å². The zero-order valence-corrected chi connectivity index (χ0v) is 13.3. The smallest absolute Gasteiger partial charge is 0.191 e. The number of hydrogen-bond donors (Lipinski definition) is 1. The maximum absolute atomic E-state index is 4.39. The number of hydrogen-bond acceptors (Lipinski definition) is 4. The average Bonchev–Trinajstić information content (AvgIpc) is 2.77. The number of nitrogens with one attached hydrogen (secondary N) is 1. The number of aryl methyl sites for hydroxylation is 1. The van der Waals surface area contributed by atoms with Gasteiger partial charge >= 0.3 is 0 Å². The molecule has 1 aromatic heterocycles. The molecular formula is C16H22N4S. The quantitative estimate of drug-likeness (QED) is 0.862. The average molecular weight is 302 g/mol. The Morgan fingerprint density at radius 1 is 1.19 bits per heavy atom. The van der Waals surface area contributed by atoms with Gasteiger partial charge in [0, 0.05) is 24.8 Å². The first-order valence-corrected chi connectivity index (χ1v) is 8.64. The summed E-state index contributed by atoms with van der Waals surface area (Å²) >= 11 is 1.81. The Hall–Kier alpha value is -1.33. The van der Waals surface area contributed by atoms with Gasteiger partial charge in [-0.2, -0.15) is 0 Å². The normalized spacial score (nSPS) is 16.2. The van der Waals surface area contributed by atoms with Gasteiger partial charge < -0.3 is 9.88 Å². The summed E-state index contributed by atoms with van der Waals surface area (Å²) in [4.78, 5) is 0. The molecule has 1 atom stereocenters. The lowest BCUT2D eigenvalue weighted by molar-refractivity contribution is 0.589. The molecule has 4 nitrogen and oxygen atoms in total. The standard InChI is InChI=1S/C16H22N4S/c1-17-14(13-8-4-2-5-9-13)12-21-16-19-18-15-10-6-3-7-11-20(15)16/h2,4-5,8-9,14,17H,3,6-7,10-12H2,1H3. The van der Waals surface area contributed by atoms with Crippen LogP contribution in [0.15, 0.2) is 35.5 Å². The van der Waals surface area contributed by atoms with Crippen LogP contribution >= 0.6 is 11.8 Å². The highest BCUT2D eigenvalue weighted by Gasteiger charge is 2.17. The van der Waals surface area contributed by atoms with Crippen molar-refractivity contribution in [2.75, 3.05) is 12.8 Å². The molecule has 0 spiro atoms. The van der Waals surface area contributed by atoms with E-state index in [2.05, 4.69) is 50.4 Å². The molecule has 3 rings (SSSR count). The van der Waals surface area contributed by atoms with E-state index in [0.29, 0.717) is 6.04 Å². The van der Waals surface area contributed by atoms with Crippen LogP contribution in [0.25, 0.3) is 0 Å². The summed E-state index contributed by atoms with van der Waals surface area (Å²) < 4.78 is 2.31. The van der Waals surface area contributed by atoms with E-state index in [1.807, 2.05) is 7.05 Å². The molecule has 0 radical (unpaired) electrons. The molecule has 0 bridgehead atoms. The fraction of sp³-hybridized carbons (Fsp3) is 0.500. The maximum Gasteiger partial charge on any atom is 0.191 e. The number of benzene rings is 1. The van der Waals surface area contributed by atoms with E-state index in [0.717, 1.165) is 29.7 Å². The second-order valence-corrected chi connectivity index (χ2v) is 6.41. The van der Waals surface area contributed by atoms with Gasteiger partial charge in [-0.05, 0) is 25.5 Å². The summed E-state index contributed by atoms with van der Waals surface area (Å²) in [5, 5.41) is 13.2. The topological polar surface area (TPSA) is 42.7 Å². The molecule has 0 saturated heterocycles. The van der Waals surface area contributed by atoms with Crippen LogP contribution in [0, 0.1) is 0 Å². The van der Waals surface area contributed by atoms with Gasteiger partial charge in [-0.1, -0.05) is 48.5 Å². The molecule has 5 heteroatoms. The van der Waals surface area contributed by atoms with Crippen molar-refractivity contribution in [1.29, 1.82) is 0 Å². The van der Waals surface area contributed by atoms with Gasteiger partial charge in [0.25, 0.3) is 0 Å². The second kappa shape index (κ2) is 7.09. The Morgan fingerprint density at radius 3 is 2.86 bits per heavy atom. The van der Waals surface area contributed by atoms with Crippen molar-refractivity contribution in [2.24, 2.45) is 0 Å². The summed E-state index contributed by atoms with van der Waals surface area (Å²) in [5.74, 6) is 2.13. The van der Waals surface area contributed by atoms with E-state index in [1.54, 1.807) is 11.8 Å². The van der Waals surface area contributed by atoms with Gasteiger partial charge in [-0.25, -0.2) is 0 Å². The summed E-state index contributed by atoms with van der Waals surface area (Å²) in [6.45, 7) is 1.07. The van der Waals surface area contributed by atoms with Crippen LogP contribution in [0.3, 0.4) is 0 Å². The summed E-state index contributed by atoms with van der Waals surface area (Å²) in [6, 6.07) is 10.9. The van der Waals surface area contributed by atoms with E-state index >= 15 is 0 Å². The molecule has 1 aromatic carbocycles. The molecule has 0 fully saturated rings. The Labute approximate surface area is 130 Å². The Bertz CT molecular complexity index is 567. The van der Waals surface area contributed by atoms with Gasteiger partial charge in [0.15, 0.2) is 5.16 Å². The lowest BCUT2D eigenvalue weighted by Gasteiger charge is -2.16. The maximum atomic E-state index is 4.39. The van der Waals surface area contributed by atoms with Crippen molar-refractivity contribution >= 4 is 11.8 Å². The highest BCUT2D eigenvalue weighted by Crippen LogP contribution is 2.26. The third-order valence-corrected chi connectivity index (χ3v) is 5.07. The predicted molar refractivity (Wildman–Crippen MR) is 86.5 cm³/mol. The largest absolute Gasteiger partial charge is 0.312 e. The van der Waals surface area contributed by atoms with Crippen LogP contribution in [-0.4, -0.2) is 27.6 Å². The molecule has 1 unspecified atom stereocenters. The lowest BCUT2D eigenvalue weighted by atomic mass is 10.1. The van der Waals surface area contributed by atoms with E-state index in [-0.39, 0.29) is 0 Å². The Balaban J connectivity index is 1.68. The number of aromatic nitrogens is 3. The first kappa shape index (κ1) is 14.6. The van der Waals surface area contributed by atoms with Crippen LogP contribution in [0.5, 0.6) is 0 Å². The van der Waals surface area contributed by atoms with Crippen molar-refractivity contribution < 1.29 is 0 Å². The number of fused-ring (bicyclic) bond motifs is 1. The van der Waals surface area contributed by atoms with Crippen molar-refractivity contribution in [2.45, 2.75) is 43.4 Å². The van der Waals surface area contributed by atoms with Crippen LogP contribution in [-0.2, 0) is 13.0 Å². The predicted octanol–water partition coefficient (Wildman–Crippen LogP) is 3.06. The van der Waals surface area contributed by atoms with E-state index in [9.17, 15) is 0 Å². The van der Waals surface area contributed by atoms with Gasteiger partial charge in [0.05, 0.1) is 0 Å². The second-order valence-electron chi connectivity index (χ2n) is 5.42. The third-order valence-electron chi connectivity index (χ3n) is 4.01. The van der Waals surface area contributed by atoms with E-state index in [1.165, 1.54) is 24.8 Å². The molecule has 0 amide bonds. The molecule has 1 aliphatic heterocycles. The molecule has 0 saturated carbocycles. The number of thioether (sulfide) groups is 1. The van der Waals surface area contributed by atoms with Crippen LogP contribution in [0.2, 0.25) is 0 Å². The molecule has 21 heavy (non-hydrogen) atoms. The minimum atomic E-state index is 0.343. The van der Waals surface area contributed by atoms with Crippen molar-refractivity contribution in [3.63, 3.8) is 0 Å². The first-order valence-electron chi connectivity index (χ1n) is 7.65. The van der Waals surface area contributed by atoms with E-state index in [4.69, 9.17) is 0 Å². The minimum Gasteiger partial charge on any atom is -0.312 e. The highest BCUT2D eigenvalue weighted by atomic mass is 32.2. The van der Waals surface area contributed by atoms with Gasteiger partial charge in [-0.3, -0.25) is 0 Å². The number of nitrogens with zero attached hydrogens (tertiary/aromatic N) is 3. The molecule has 2 heterocycles. The SMILES string of the molecule is CNC(CSc1nnc2n1CCCCC2)c1ccccc1. The fourth-order valence-electron chi connectivity index (χ4n) is 2.75. The zero-order chi connectivity index (χ0) is 14.5. The summed E-state index contributed by atoms with van der Waals surface area (Å²) in [6.07, 6.45) is 4.86. The number of rotatable bonds is 5. The van der Waals surface area contributed by atoms with Crippen molar-refractivity contribution in [3.05, 3.63) is 41.7 Å². The van der Waals surface area contributed by atoms with Crippen molar-refractivity contribution in [3.8, 4) is 0 Å². The van der Waals surface area contributed by atoms with Gasteiger partial charge in [0.2, 0.25) is 0 Å². The summed E-state index contributed by atoms with van der Waals surface area (Å²) in [5.41, 5.74) is 1.32. The molecule has 0 aliphatic carbocycles. The molecule has 1 aliphatic rings. The summed E-state index contributed by atoms with van der Waals surface area (Å²) in [7, 11) is 2.02. The zero-order valence-electron chi connectivity index (χ0n) is 12.5. The van der Waals surface area contributed by atoms with Crippen LogP contribution in [0.1, 0.15) is 36.7 Å². The fourth-order valence-corrected chi connectivity index (χ4v) is 3.88. The lowest BCUT2D eigenvalue weighted by Crippen LogP contribution is -2.19. The molecule has 2 aromatic rings. The third kappa shape index (κ3) is 3.47.